The Morgan fingerprint density at radius 2 is 1.67 bits per heavy atom. The highest BCUT2D eigenvalue weighted by molar-refractivity contribution is 7.89. The van der Waals surface area contributed by atoms with E-state index < -0.39 is 22.0 Å². The van der Waals surface area contributed by atoms with Gasteiger partial charge in [0, 0.05) is 12.1 Å². The van der Waals surface area contributed by atoms with Crippen molar-refractivity contribution < 1.29 is 22.7 Å². The van der Waals surface area contributed by atoms with Crippen LogP contribution in [0.5, 0.6) is 11.5 Å². The molecule has 0 spiro atoms. The fourth-order valence-corrected chi connectivity index (χ4v) is 4.47. The molecule has 0 bridgehead atoms. The smallest absolute Gasteiger partial charge is 0.255 e. The Balaban J connectivity index is 2.37. The lowest BCUT2D eigenvalue weighted by molar-refractivity contribution is 0.0940. The van der Waals surface area contributed by atoms with Gasteiger partial charge in [-0.1, -0.05) is 19.1 Å². The zero-order chi connectivity index (χ0) is 22.5. The topological polar surface area (TPSA) is 93.7 Å². The van der Waals surface area contributed by atoms with E-state index in [0.29, 0.717) is 12.2 Å². The predicted octanol–water partition coefficient (Wildman–Crippen LogP) is 3.58. The summed E-state index contributed by atoms with van der Waals surface area (Å²) in [5.74, 6) is 0.661. The van der Waals surface area contributed by atoms with E-state index in [9.17, 15) is 13.2 Å². The van der Waals surface area contributed by atoms with Gasteiger partial charge in [0.2, 0.25) is 10.0 Å². The van der Waals surface area contributed by atoms with E-state index >= 15 is 0 Å². The van der Waals surface area contributed by atoms with Crippen LogP contribution in [-0.4, -0.2) is 34.6 Å². The van der Waals surface area contributed by atoms with Gasteiger partial charge in [0.05, 0.1) is 24.7 Å². The number of nitrogens with one attached hydrogen (secondary N) is 2. The number of methoxy groups -OCH3 is 2. The first kappa shape index (κ1) is 23.7. The van der Waals surface area contributed by atoms with Crippen molar-refractivity contribution in [3.8, 4) is 11.5 Å². The predicted molar refractivity (Wildman–Crippen MR) is 117 cm³/mol. The van der Waals surface area contributed by atoms with Crippen LogP contribution in [0.3, 0.4) is 0 Å². The molecule has 0 heterocycles. The molecule has 0 aliphatic heterocycles. The van der Waals surface area contributed by atoms with E-state index in [-0.39, 0.29) is 16.5 Å². The van der Waals surface area contributed by atoms with Crippen LogP contribution in [0.15, 0.2) is 41.3 Å². The second-order valence-corrected chi connectivity index (χ2v) is 9.02. The lowest BCUT2D eigenvalue weighted by Crippen LogP contribution is -2.31. The summed E-state index contributed by atoms with van der Waals surface area (Å²) in [6.07, 6.45) is 0.557. The number of hydrogen-bond donors (Lipinski definition) is 2. The van der Waals surface area contributed by atoms with Crippen LogP contribution in [0, 0.1) is 6.92 Å². The number of sulfonamides is 1. The maximum Gasteiger partial charge on any atom is 0.255 e. The molecule has 2 aromatic carbocycles. The third kappa shape index (κ3) is 5.52. The van der Waals surface area contributed by atoms with Gasteiger partial charge in [-0.05, 0) is 62.6 Å². The van der Waals surface area contributed by atoms with Crippen molar-refractivity contribution in [2.45, 2.75) is 51.1 Å². The number of amides is 1. The van der Waals surface area contributed by atoms with Crippen LogP contribution in [0.2, 0.25) is 0 Å². The van der Waals surface area contributed by atoms with Gasteiger partial charge in [-0.3, -0.25) is 4.79 Å². The Morgan fingerprint density at radius 3 is 2.20 bits per heavy atom. The van der Waals surface area contributed by atoms with Gasteiger partial charge in [-0.2, -0.15) is 0 Å². The van der Waals surface area contributed by atoms with Crippen molar-refractivity contribution in [1.29, 1.82) is 0 Å². The van der Waals surface area contributed by atoms with Crippen LogP contribution >= 0.6 is 0 Å². The first-order valence-electron chi connectivity index (χ1n) is 9.78. The van der Waals surface area contributed by atoms with Crippen LogP contribution in [0.25, 0.3) is 0 Å². The highest BCUT2D eigenvalue weighted by Crippen LogP contribution is 2.27. The molecule has 0 radical (unpaired) electrons. The summed E-state index contributed by atoms with van der Waals surface area (Å²) in [5, 5.41) is 2.76. The molecule has 0 saturated heterocycles. The number of carbonyl (C=O) groups excluding carboxylic acids is 1. The van der Waals surface area contributed by atoms with Crippen molar-refractivity contribution in [2.75, 3.05) is 14.2 Å². The molecule has 2 aromatic rings. The van der Waals surface area contributed by atoms with E-state index in [1.54, 1.807) is 7.11 Å². The molecule has 2 N–H and O–H groups in total. The summed E-state index contributed by atoms with van der Waals surface area (Å²) < 4.78 is 39.4. The minimum Gasteiger partial charge on any atom is -0.496 e. The Hall–Kier alpha value is -2.58. The molecule has 1 atom stereocenters. The highest BCUT2D eigenvalue weighted by Gasteiger charge is 2.24. The van der Waals surface area contributed by atoms with Crippen LogP contribution in [0.1, 0.15) is 54.7 Å². The number of carbonyl (C=O) groups is 1. The van der Waals surface area contributed by atoms with Crippen molar-refractivity contribution in [3.05, 3.63) is 53.1 Å². The first-order valence-corrected chi connectivity index (χ1v) is 11.3. The van der Waals surface area contributed by atoms with Gasteiger partial charge in [-0.15, -0.1) is 0 Å². The molecule has 7 nitrogen and oxygen atoms in total. The molecule has 0 aliphatic rings. The van der Waals surface area contributed by atoms with Crippen molar-refractivity contribution in [1.82, 2.24) is 10.0 Å². The minimum atomic E-state index is -3.87. The maximum absolute atomic E-state index is 13.1. The van der Waals surface area contributed by atoms with Gasteiger partial charge in [0.15, 0.2) is 0 Å². The maximum atomic E-state index is 13.1. The Kier molecular flexibility index (Phi) is 7.86. The fourth-order valence-electron chi connectivity index (χ4n) is 3.13. The fraction of sp³-hybridized carbons (Fsp3) is 0.409. The largest absolute Gasteiger partial charge is 0.496 e. The normalized spacial score (nSPS) is 12.5. The second-order valence-electron chi connectivity index (χ2n) is 7.30. The average molecular weight is 435 g/mol. The van der Waals surface area contributed by atoms with Crippen LogP contribution in [0.4, 0.5) is 0 Å². The molecule has 30 heavy (non-hydrogen) atoms. The average Bonchev–Trinajstić information content (AvgIpc) is 2.70. The molecule has 164 valence electrons. The third-order valence-corrected chi connectivity index (χ3v) is 6.14. The van der Waals surface area contributed by atoms with Crippen molar-refractivity contribution >= 4 is 15.9 Å². The monoisotopic (exact) mass is 434 g/mol. The Labute approximate surface area is 178 Å². The molecule has 0 aliphatic carbocycles. The number of rotatable bonds is 9. The Morgan fingerprint density at radius 1 is 1.03 bits per heavy atom. The summed E-state index contributed by atoms with van der Waals surface area (Å²) in [5.41, 5.74) is 1.93. The quantitative estimate of drug-likeness (QED) is 0.629. The SMILES string of the molecule is CC[C@H](NS(=O)(=O)c1ccc(OC)c(C(=O)NC(C)C)c1)c1ccc(OC)c(C)c1. The van der Waals surface area contributed by atoms with Crippen molar-refractivity contribution in [2.24, 2.45) is 0 Å². The molecular formula is C22H30N2O5S. The van der Waals surface area contributed by atoms with E-state index in [1.807, 2.05) is 45.9 Å². The third-order valence-electron chi connectivity index (χ3n) is 4.67. The number of benzene rings is 2. The van der Waals surface area contributed by atoms with E-state index in [1.165, 1.54) is 25.3 Å². The Bertz CT molecular complexity index is 1000. The van der Waals surface area contributed by atoms with Gasteiger partial charge < -0.3 is 14.8 Å². The lowest BCUT2D eigenvalue weighted by Gasteiger charge is -2.19. The standard InChI is InChI=1S/C22H30N2O5S/c1-7-19(16-8-10-20(28-5)15(4)12-16)24-30(26,27)17-9-11-21(29-6)18(13-17)22(25)23-14(2)3/h8-14,19,24H,7H2,1-6H3,(H,23,25)/t19-/m0/s1. The molecule has 0 unspecified atom stereocenters. The number of aryl methyl sites for hydroxylation is 1. The van der Waals surface area contributed by atoms with Crippen LogP contribution < -0.4 is 19.5 Å². The molecule has 0 fully saturated rings. The van der Waals surface area contributed by atoms with Gasteiger partial charge in [0.1, 0.15) is 11.5 Å². The zero-order valence-electron chi connectivity index (χ0n) is 18.3. The summed E-state index contributed by atoms with van der Waals surface area (Å²) in [7, 11) is -0.841. The number of hydrogen-bond acceptors (Lipinski definition) is 5. The minimum absolute atomic E-state index is 0.000824. The summed E-state index contributed by atoms with van der Waals surface area (Å²) in [6, 6.07) is 9.32. The summed E-state index contributed by atoms with van der Waals surface area (Å²) in [4.78, 5) is 12.5. The van der Waals surface area contributed by atoms with Gasteiger partial charge in [-0.25, -0.2) is 13.1 Å². The molecule has 0 aromatic heterocycles. The summed E-state index contributed by atoms with van der Waals surface area (Å²) >= 11 is 0. The first-order chi connectivity index (χ1) is 14.1. The van der Waals surface area contributed by atoms with Gasteiger partial charge in [0.25, 0.3) is 5.91 Å². The highest BCUT2D eigenvalue weighted by atomic mass is 32.2. The molecular weight excluding hydrogens is 404 g/mol. The molecule has 0 saturated carbocycles. The number of ether oxygens (including phenoxy) is 2. The van der Waals surface area contributed by atoms with E-state index in [4.69, 9.17) is 9.47 Å². The lowest BCUT2D eigenvalue weighted by atomic mass is 10.0. The molecule has 1 amide bonds. The van der Waals surface area contributed by atoms with E-state index in [2.05, 4.69) is 10.0 Å². The molecule has 2 rings (SSSR count). The molecule has 8 heteroatoms. The van der Waals surface area contributed by atoms with Gasteiger partial charge >= 0.3 is 0 Å². The zero-order valence-corrected chi connectivity index (χ0v) is 19.1. The summed E-state index contributed by atoms with van der Waals surface area (Å²) in [6.45, 7) is 7.47. The van der Waals surface area contributed by atoms with Crippen LogP contribution in [-0.2, 0) is 10.0 Å². The second kappa shape index (κ2) is 9.95. The van der Waals surface area contributed by atoms with Crippen molar-refractivity contribution in [3.63, 3.8) is 0 Å². The van der Waals surface area contributed by atoms with E-state index in [0.717, 1.165) is 16.9 Å².